The van der Waals surface area contributed by atoms with Crippen LogP contribution in [-0.4, -0.2) is 23.6 Å². The molecule has 0 bridgehead atoms. The fourth-order valence-electron chi connectivity index (χ4n) is 2.27. The Morgan fingerprint density at radius 1 is 1.12 bits per heavy atom. The lowest BCUT2D eigenvalue weighted by Crippen LogP contribution is -2.48. The van der Waals surface area contributed by atoms with E-state index in [0.29, 0.717) is 6.42 Å². The van der Waals surface area contributed by atoms with Gasteiger partial charge < -0.3 is 15.4 Å². The van der Waals surface area contributed by atoms with Gasteiger partial charge in [0.05, 0.1) is 6.04 Å². The van der Waals surface area contributed by atoms with Crippen molar-refractivity contribution in [3.8, 4) is 0 Å². The molecule has 24 heavy (non-hydrogen) atoms. The quantitative estimate of drug-likeness (QED) is 0.793. The number of hydrogen-bond acceptors (Lipinski definition) is 3. The van der Waals surface area contributed by atoms with E-state index >= 15 is 0 Å². The van der Waals surface area contributed by atoms with Crippen molar-refractivity contribution in [2.75, 3.05) is 0 Å². The summed E-state index contributed by atoms with van der Waals surface area (Å²) >= 11 is 0. The third-order valence-electron chi connectivity index (χ3n) is 3.51. The SMILES string of the molecule is CCCC[C@H](NC(=O)OC(C)(C)C)C(=O)N[C@@H](C)c1ccccc1. The van der Waals surface area contributed by atoms with Gasteiger partial charge >= 0.3 is 6.09 Å². The van der Waals surface area contributed by atoms with Crippen molar-refractivity contribution in [1.82, 2.24) is 10.6 Å². The van der Waals surface area contributed by atoms with Crippen molar-refractivity contribution in [2.24, 2.45) is 0 Å². The first-order chi connectivity index (χ1) is 11.2. The summed E-state index contributed by atoms with van der Waals surface area (Å²) in [4.78, 5) is 24.5. The number of carbonyl (C=O) groups is 2. The van der Waals surface area contributed by atoms with Crippen LogP contribution >= 0.6 is 0 Å². The van der Waals surface area contributed by atoms with Crippen LogP contribution in [0.5, 0.6) is 0 Å². The molecular weight excluding hydrogens is 304 g/mol. The summed E-state index contributed by atoms with van der Waals surface area (Å²) in [7, 11) is 0. The molecule has 0 aliphatic carbocycles. The van der Waals surface area contributed by atoms with Crippen molar-refractivity contribution < 1.29 is 14.3 Å². The Hall–Kier alpha value is -2.04. The topological polar surface area (TPSA) is 67.4 Å². The molecule has 1 aromatic carbocycles. The Labute approximate surface area is 145 Å². The fraction of sp³-hybridized carbons (Fsp3) is 0.579. The molecule has 2 amide bonds. The number of nitrogens with one attached hydrogen (secondary N) is 2. The van der Waals surface area contributed by atoms with Gasteiger partial charge in [-0.15, -0.1) is 0 Å². The standard InChI is InChI=1S/C19H30N2O3/c1-6-7-13-16(21-18(23)24-19(3,4)5)17(22)20-14(2)15-11-9-8-10-12-15/h8-12,14,16H,6-7,13H2,1-5H3,(H,20,22)(H,21,23)/t14-,16-/m0/s1. The minimum Gasteiger partial charge on any atom is -0.444 e. The molecule has 5 nitrogen and oxygen atoms in total. The molecular formula is C19H30N2O3. The van der Waals surface area contributed by atoms with E-state index in [1.807, 2.05) is 37.3 Å². The van der Waals surface area contributed by atoms with E-state index in [2.05, 4.69) is 17.6 Å². The molecule has 0 heterocycles. The summed E-state index contributed by atoms with van der Waals surface area (Å²) in [5.41, 5.74) is 0.435. The molecule has 0 radical (unpaired) electrons. The van der Waals surface area contributed by atoms with E-state index in [1.165, 1.54) is 0 Å². The maximum atomic E-state index is 12.6. The highest BCUT2D eigenvalue weighted by atomic mass is 16.6. The minimum atomic E-state index is -0.592. The number of rotatable bonds is 7. The Morgan fingerprint density at radius 2 is 1.75 bits per heavy atom. The lowest BCUT2D eigenvalue weighted by atomic mass is 10.1. The van der Waals surface area contributed by atoms with Crippen LogP contribution in [0.4, 0.5) is 4.79 Å². The molecule has 0 aliphatic heterocycles. The predicted molar refractivity (Wildman–Crippen MR) is 95.7 cm³/mol. The number of ether oxygens (including phenoxy) is 1. The second-order valence-corrected chi connectivity index (χ2v) is 6.98. The van der Waals surface area contributed by atoms with E-state index in [1.54, 1.807) is 20.8 Å². The van der Waals surface area contributed by atoms with Crippen LogP contribution in [0.2, 0.25) is 0 Å². The highest BCUT2D eigenvalue weighted by Gasteiger charge is 2.25. The first-order valence-corrected chi connectivity index (χ1v) is 8.57. The Morgan fingerprint density at radius 3 is 2.29 bits per heavy atom. The molecule has 0 saturated heterocycles. The van der Waals surface area contributed by atoms with Gasteiger partial charge in [0, 0.05) is 0 Å². The van der Waals surface area contributed by atoms with Gasteiger partial charge in [-0.3, -0.25) is 4.79 Å². The van der Waals surface area contributed by atoms with Crippen LogP contribution in [0.1, 0.15) is 65.5 Å². The zero-order valence-electron chi connectivity index (χ0n) is 15.4. The maximum Gasteiger partial charge on any atom is 0.408 e. The normalized spacial score (nSPS) is 13.7. The third kappa shape index (κ3) is 7.49. The van der Waals surface area contributed by atoms with Gasteiger partial charge in [-0.25, -0.2) is 4.79 Å². The second-order valence-electron chi connectivity index (χ2n) is 6.98. The summed E-state index contributed by atoms with van der Waals surface area (Å²) in [5.74, 6) is -0.189. The van der Waals surface area contributed by atoms with Gasteiger partial charge in [0.2, 0.25) is 5.91 Å². The summed E-state index contributed by atoms with van der Waals surface area (Å²) in [6, 6.07) is 9.03. The molecule has 0 aliphatic rings. The Kier molecular flexibility index (Phi) is 7.75. The summed E-state index contributed by atoms with van der Waals surface area (Å²) < 4.78 is 5.26. The van der Waals surface area contributed by atoms with Crippen molar-refractivity contribution in [2.45, 2.75) is 71.6 Å². The molecule has 1 aromatic rings. The molecule has 2 atom stereocenters. The summed E-state index contributed by atoms with van der Waals surface area (Å²) in [6.45, 7) is 9.37. The summed E-state index contributed by atoms with van der Waals surface area (Å²) in [6.07, 6.45) is 1.83. The number of alkyl carbamates (subject to hydrolysis) is 1. The van der Waals surface area contributed by atoms with Crippen LogP contribution in [-0.2, 0) is 9.53 Å². The Bertz CT molecular complexity index is 523. The first-order valence-electron chi connectivity index (χ1n) is 8.57. The molecule has 1 rings (SSSR count). The number of carbonyl (C=O) groups excluding carboxylic acids is 2. The molecule has 0 aromatic heterocycles. The molecule has 134 valence electrons. The highest BCUT2D eigenvalue weighted by Crippen LogP contribution is 2.13. The van der Waals surface area contributed by atoms with Crippen molar-refractivity contribution in [1.29, 1.82) is 0 Å². The van der Waals surface area contributed by atoms with E-state index in [0.717, 1.165) is 18.4 Å². The van der Waals surface area contributed by atoms with Crippen LogP contribution in [0, 0.1) is 0 Å². The average molecular weight is 334 g/mol. The van der Waals surface area contributed by atoms with Crippen LogP contribution in [0.25, 0.3) is 0 Å². The zero-order valence-corrected chi connectivity index (χ0v) is 15.4. The highest BCUT2D eigenvalue weighted by molar-refractivity contribution is 5.85. The summed E-state index contributed by atoms with van der Waals surface area (Å²) in [5, 5.41) is 5.66. The molecule has 0 unspecified atom stereocenters. The van der Waals surface area contributed by atoms with Gasteiger partial charge in [0.25, 0.3) is 0 Å². The van der Waals surface area contributed by atoms with E-state index in [-0.39, 0.29) is 11.9 Å². The van der Waals surface area contributed by atoms with E-state index < -0.39 is 17.7 Å². The molecule has 5 heteroatoms. The van der Waals surface area contributed by atoms with Crippen LogP contribution in [0.3, 0.4) is 0 Å². The smallest absolute Gasteiger partial charge is 0.408 e. The monoisotopic (exact) mass is 334 g/mol. The third-order valence-corrected chi connectivity index (χ3v) is 3.51. The van der Waals surface area contributed by atoms with Crippen LogP contribution in [0.15, 0.2) is 30.3 Å². The number of benzene rings is 1. The molecule has 2 N–H and O–H groups in total. The Balaban J connectivity index is 2.68. The van der Waals surface area contributed by atoms with Crippen molar-refractivity contribution >= 4 is 12.0 Å². The first kappa shape index (κ1) is 20.0. The molecule has 0 spiro atoms. The predicted octanol–water partition coefficient (Wildman–Crippen LogP) is 3.95. The average Bonchev–Trinajstić information content (AvgIpc) is 2.50. The molecule has 0 fully saturated rings. The number of hydrogen-bond donors (Lipinski definition) is 2. The van der Waals surface area contributed by atoms with E-state index in [4.69, 9.17) is 4.74 Å². The van der Waals surface area contributed by atoms with Crippen molar-refractivity contribution in [3.63, 3.8) is 0 Å². The maximum absolute atomic E-state index is 12.6. The lowest BCUT2D eigenvalue weighted by molar-refractivity contribution is -0.124. The van der Waals surface area contributed by atoms with Gasteiger partial charge in [-0.2, -0.15) is 0 Å². The second kappa shape index (κ2) is 9.30. The number of unbranched alkanes of at least 4 members (excludes halogenated alkanes) is 1. The van der Waals surface area contributed by atoms with Gasteiger partial charge in [0.1, 0.15) is 11.6 Å². The molecule has 0 saturated carbocycles. The largest absolute Gasteiger partial charge is 0.444 e. The lowest BCUT2D eigenvalue weighted by Gasteiger charge is -2.24. The zero-order chi connectivity index (χ0) is 18.2. The van der Waals surface area contributed by atoms with Gasteiger partial charge in [0.15, 0.2) is 0 Å². The van der Waals surface area contributed by atoms with E-state index in [9.17, 15) is 9.59 Å². The van der Waals surface area contributed by atoms with Gasteiger partial charge in [-0.05, 0) is 39.7 Å². The van der Waals surface area contributed by atoms with Gasteiger partial charge in [-0.1, -0.05) is 50.1 Å². The minimum absolute atomic E-state index is 0.122. The van der Waals surface area contributed by atoms with Crippen LogP contribution < -0.4 is 10.6 Å². The fourth-order valence-corrected chi connectivity index (χ4v) is 2.27. The van der Waals surface area contributed by atoms with Crippen molar-refractivity contribution in [3.05, 3.63) is 35.9 Å². The number of amides is 2.